The third kappa shape index (κ3) is 3.96. The Balaban J connectivity index is 1.73. The van der Waals surface area contributed by atoms with Crippen molar-refractivity contribution in [3.05, 3.63) is 115 Å². The lowest BCUT2D eigenvalue weighted by Crippen LogP contribution is -1.96. The lowest BCUT2D eigenvalue weighted by molar-refractivity contribution is 1.29. The van der Waals surface area contributed by atoms with Crippen molar-refractivity contribution in [2.45, 2.75) is 24.5 Å². The fourth-order valence-electron chi connectivity index (χ4n) is 2.97. The number of hydrogen-bond acceptors (Lipinski definition) is 2. The highest BCUT2D eigenvalue weighted by Gasteiger charge is 2.26. The lowest BCUT2D eigenvalue weighted by atomic mass is 10.3. The molecule has 0 aliphatic heterocycles. The molecule has 0 bridgehead atoms. The summed E-state index contributed by atoms with van der Waals surface area (Å²) in [6.45, 7) is 0. The van der Waals surface area contributed by atoms with Crippen LogP contribution in [0, 0.1) is 0 Å². The highest BCUT2D eigenvalue weighted by Crippen LogP contribution is 2.71. The van der Waals surface area contributed by atoms with Gasteiger partial charge in [0.15, 0.2) is 0 Å². The van der Waals surface area contributed by atoms with Gasteiger partial charge in [-0.15, -0.1) is 20.7 Å². The molecule has 0 saturated heterocycles. The van der Waals surface area contributed by atoms with E-state index in [1.165, 1.54) is 24.5 Å². The van der Waals surface area contributed by atoms with Crippen LogP contribution < -0.4 is 0 Å². The Morgan fingerprint density at radius 1 is 0.444 bits per heavy atom. The Morgan fingerprint density at radius 2 is 0.815 bits per heavy atom. The average molecular weight is 405 g/mol. The molecule has 0 unspecified atom stereocenters. The van der Waals surface area contributed by atoms with Crippen LogP contribution >= 0.6 is 32.5 Å². The van der Waals surface area contributed by atoms with E-state index in [2.05, 4.69) is 109 Å². The first kappa shape index (κ1) is 18.3. The SMILES string of the molecule is SS(c1ccccc1)(c1ccccc1)c1ccc(Sc2ccccc2)cc1. The second-order valence-corrected chi connectivity index (χ2v) is 11.5. The minimum Gasteiger partial charge on any atom is -0.118 e. The molecule has 0 heterocycles. The van der Waals surface area contributed by atoms with E-state index in [-0.39, 0.29) is 0 Å². The molecule has 4 aromatic carbocycles. The Hall–Kier alpha value is -2.07. The van der Waals surface area contributed by atoms with Crippen LogP contribution in [0.4, 0.5) is 0 Å². The molecule has 0 N–H and O–H groups in total. The van der Waals surface area contributed by atoms with Crippen molar-refractivity contribution < 1.29 is 0 Å². The second kappa shape index (κ2) is 8.30. The number of thiol groups is 1. The number of hydrogen-bond donors (Lipinski definition) is 1. The Labute approximate surface area is 171 Å². The second-order valence-electron chi connectivity index (χ2n) is 6.09. The summed E-state index contributed by atoms with van der Waals surface area (Å²) < 4.78 is 0. The number of rotatable bonds is 5. The first-order valence-electron chi connectivity index (χ1n) is 8.76. The van der Waals surface area contributed by atoms with Gasteiger partial charge in [0.05, 0.1) is 0 Å². The Morgan fingerprint density at radius 3 is 1.30 bits per heavy atom. The third-order valence-electron chi connectivity index (χ3n) is 4.31. The number of benzene rings is 4. The normalized spacial score (nSPS) is 11.9. The molecular formula is C24H20S3. The van der Waals surface area contributed by atoms with Crippen molar-refractivity contribution in [3.8, 4) is 0 Å². The van der Waals surface area contributed by atoms with Gasteiger partial charge in [-0.1, -0.05) is 66.4 Å². The minimum atomic E-state index is -1.58. The quantitative estimate of drug-likeness (QED) is 0.260. The van der Waals surface area contributed by atoms with Gasteiger partial charge in [0, 0.05) is 24.5 Å². The summed E-state index contributed by atoms with van der Waals surface area (Å²) in [4.78, 5) is 6.24. The lowest BCUT2D eigenvalue weighted by Gasteiger charge is -2.36. The smallest absolute Gasteiger partial charge is 0.0123 e. The summed E-state index contributed by atoms with van der Waals surface area (Å²) >= 11 is 7.08. The molecule has 0 nitrogen and oxygen atoms in total. The van der Waals surface area contributed by atoms with Crippen LogP contribution in [0.1, 0.15) is 0 Å². The molecule has 0 saturated carbocycles. The first-order chi connectivity index (χ1) is 13.3. The van der Waals surface area contributed by atoms with Crippen LogP contribution in [0.5, 0.6) is 0 Å². The van der Waals surface area contributed by atoms with Crippen molar-refractivity contribution in [1.82, 2.24) is 0 Å². The van der Waals surface area contributed by atoms with Crippen molar-refractivity contribution >= 4 is 32.5 Å². The maximum atomic E-state index is 5.30. The van der Waals surface area contributed by atoms with Crippen LogP contribution in [0.2, 0.25) is 0 Å². The third-order valence-corrected chi connectivity index (χ3v) is 10.1. The summed E-state index contributed by atoms with van der Waals surface area (Å²) in [5.41, 5.74) is 0. The summed E-state index contributed by atoms with van der Waals surface area (Å²) in [6.07, 6.45) is 0. The molecule has 4 aromatic rings. The molecule has 0 spiro atoms. The minimum absolute atomic E-state index is 1.24. The predicted octanol–water partition coefficient (Wildman–Crippen LogP) is 7.96. The van der Waals surface area contributed by atoms with E-state index >= 15 is 0 Å². The van der Waals surface area contributed by atoms with Gasteiger partial charge in [-0.25, -0.2) is 0 Å². The molecule has 134 valence electrons. The highest BCUT2D eigenvalue weighted by atomic mass is 33.1. The van der Waals surface area contributed by atoms with Crippen molar-refractivity contribution in [2.75, 3.05) is 0 Å². The average Bonchev–Trinajstić information content (AvgIpc) is 2.76. The monoisotopic (exact) mass is 404 g/mol. The fourth-order valence-corrected chi connectivity index (χ4v) is 7.35. The zero-order valence-corrected chi connectivity index (χ0v) is 17.3. The standard InChI is InChI=1S/C24H20S3/c25-27(22-12-6-2-7-13-22,23-14-8-3-9-15-23)24-18-16-21(17-19-24)26-20-10-4-1-5-11-20/h1-19,25H. The van der Waals surface area contributed by atoms with Crippen LogP contribution in [-0.4, -0.2) is 0 Å². The topological polar surface area (TPSA) is 0 Å². The van der Waals surface area contributed by atoms with E-state index in [4.69, 9.17) is 11.7 Å². The molecule has 0 aromatic heterocycles. The van der Waals surface area contributed by atoms with Crippen molar-refractivity contribution in [1.29, 1.82) is 0 Å². The zero-order chi connectivity index (χ0) is 18.5. The fraction of sp³-hybridized carbons (Fsp3) is 0. The van der Waals surface area contributed by atoms with E-state index in [0.29, 0.717) is 0 Å². The molecule has 4 rings (SSSR count). The van der Waals surface area contributed by atoms with Gasteiger partial charge in [-0.3, -0.25) is 0 Å². The van der Waals surface area contributed by atoms with Crippen LogP contribution in [-0.2, 0) is 0 Å². The molecule has 27 heavy (non-hydrogen) atoms. The highest BCUT2D eigenvalue weighted by molar-refractivity contribution is 8.88. The zero-order valence-electron chi connectivity index (χ0n) is 14.7. The van der Waals surface area contributed by atoms with Crippen LogP contribution in [0.3, 0.4) is 0 Å². The molecular weight excluding hydrogens is 384 g/mol. The van der Waals surface area contributed by atoms with E-state index < -0.39 is 9.06 Å². The van der Waals surface area contributed by atoms with E-state index in [0.717, 1.165) is 0 Å². The van der Waals surface area contributed by atoms with Crippen molar-refractivity contribution in [3.63, 3.8) is 0 Å². The summed E-state index contributed by atoms with van der Waals surface area (Å²) in [6, 6.07) is 40.6. The van der Waals surface area contributed by atoms with Gasteiger partial charge in [0.25, 0.3) is 0 Å². The van der Waals surface area contributed by atoms with E-state index in [1.54, 1.807) is 11.8 Å². The summed E-state index contributed by atoms with van der Waals surface area (Å²) in [5.74, 6) is 0. The first-order valence-corrected chi connectivity index (χ1v) is 12.3. The van der Waals surface area contributed by atoms with Gasteiger partial charge in [-0.05, 0) is 60.7 Å². The molecule has 0 fully saturated rings. The van der Waals surface area contributed by atoms with Crippen LogP contribution in [0.15, 0.2) is 140 Å². The molecule has 0 aliphatic carbocycles. The maximum Gasteiger partial charge on any atom is 0.0123 e. The largest absolute Gasteiger partial charge is 0.118 e. The van der Waals surface area contributed by atoms with Crippen LogP contribution in [0.25, 0.3) is 0 Å². The summed E-state index contributed by atoms with van der Waals surface area (Å²) in [7, 11) is -1.58. The van der Waals surface area contributed by atoms with Gasteiger partial charge in [-0.2, -0.15) is 0 Å². The molecule has 3 heteroatoms. The molecule has 0 aliphatic rings. The Bertz CT molecular complexity index is 942. The van der Waals surface area contributed by atoms with Gasteiger partial charge >= 0.3 is 0 Å². The predicted molar refractivity (Wildman–Crippen MR) is 121 cm³/mol. The van der Waals surface area contributed by atoms with Crippen molar-refractivity contribution in [2.24, 2.45) is 0 Å². The van der Waals surface area contributed by atoms with Gasteiger partial charge < -0.3 is 0 Å². The molecule has 0 amide bonds. The molecule has 0 radical (unpaired) electrons. The van der Waals surface area contributed by atoms with E-state index in [1.807, 2.05) is 6.07 Å². The molecule has 0 atom stereocenters. The van der Waals surface area contributed by atoms with E-state index in [9.17, 15) is 0 Å². The summed E-state index contributed by atoms with van der Waals surface area (Å²) in [5, 5.41) is 0. The van der Waals surface area contributed by atoms with Gasteiger partial charge in [0.1, 0.15) is 0 Å². The van der Waals surface area contributed by atoms with Gasteiger partial charge in [0.2, 0.25) is 0 Å². The maximum absolute atomic E-state index is 5.30. The Kier molecular flexibility index (Phi) is 5.63.